The normalized spacial score (nSPS) is 16.0. The van der Waals surface area contributed by atoms with Gasteiger partial charge < -0.3 is 14.5 Å². The molecule has 0 saturated carbocycles. The van der Waals surface area contributed by atoms with Crippen molar-refractivity contribution in [2.75, 3.05) is 0 Å². The van der Waals surface area contributed by atoms with Crippen molar-refractivity contribution in [3.05, 3.63) is 57.8 Å². The summed E-state index contributed by atoms with van der Waals surface area (Å²) in [7, 11) is 0. The zero-order chi connectivity index (χ0) is 15.2. The number of aliphatic hydroxyl groups is 1. The molecule has 2 aromatic rings. The number of aryl methyl sites for hydroxylation is 1. The van der Waals surface area contributed by atoms with E-state index >= 15 is 0 Å². The van der Waals surface area contributed by atoms with E-state index in [1.165, 1.54) is 0 Å². The van der Waals surface area contributed by atoms with E-state index in [2.05, 4.69) is 4.98 Å². The molecule has 0 aliphatic heterocycles. The third kappa shape index (κ3) is 2.59. The lowest BCUT2D eigenvalue weighted by Crippen LogP contribution is -2.23. The summed E-state index contributed by atoms with van der Waals surface area (Å²) in [6.45, 7) is 5.58. The number of nitrogens with one attached hydrogen (secondary N) is 1. The molecule has 0 aromatic carbocycles. The Morgan fingerprint density at radius 2 is 2.00 bits per heavy atom. The van der Waals surface area contributed by atoms with Gasteiger partial charge in [0.1, 0.15) is 5.52 Å². The van der Waals surface area contributed by atoms with E-state index in [4.69, 9.17) is 0 Å². The third-order valence-corrected chi connectivity index (χ3v) is 4.02. The van der Waals surface area contributed by atoms with Crippen LogP contribution in [0.2, 0.25) is 0 Å². The van der Waals surface area contributed by atoms with E-state index in [1.807, 2.05) is 41.9 Å². The van der Waals surface area contributed by atoms with Gasteiger partial charge in [0.25, 0.3) is 5.56 Å². The van der Waals surface area contributed by atoms with Crippen molar-refractivity contribution in [1.29, 1.82) is 0 Å². The molecule has 1 aliphatic rings. The molecule has 2 heterocycles. The van der Waals surface area contributed by atoms with Gasteiger partial charge >= 0.3 is 0 Å². The number of fused-ring (bicyclic) bond motifs is 1. The van der Waals surface area contributed by atoms with Crippen molar-refractivity contribution < 1.29 is 5.11 Å². The first-order valence-corrected chi connectivity index (χ1v) is 7.19. The number of aromatic nitrogens is 2. The summed E-state index contributed by atoms with van der Waals surface area (Å²) in [5.74, 6) is 0. The maximum Gasteiger partial charge on any atom is 0.272 e. The van der Waals surface area contributed by atoms with Gasteiger partial charge in [-0.15, -0.1) is 0 Å². The molecule has 3 rings (SSSR count). The van der Waals surface area contributed by atoms with Gasteiger partial charge in [0.2, 0.25) is 0 Å². The number of hydrogen-bond acceptors (Lipinski definition) is 2. The van der Waals surface area contributed by atoms with Crippen LogP contribution in [0.3, 0.4) is 0 Å². The van der Waals surface area contributed by atoms with Gasteiger partial charge in [-0.3, -0.25) is 4.79 Å². The van der Waals surface area contributed by atoms with Crippen LogP contribution in [0.5, 0.6) is 0 Å². The fraction of sp³-hybridized carbons (Fsp3) is 0.353. The van der Waals surface area contributed by atoms with Gasteiger partial charge in [0, 0.05) is 12.4 Å². The highest BCUT2D eigenvalue weighted by atomic mass is 16.3. The minimum absolute atomic E-state index is 0.0706. The topological polar surface area (TPSA) is 57.5 Å². The maximum atomic E-state index is 12.1. The zero-order valence-electron chi connectivity index (χ0n) is 12.6. The number of H-pyrrole nitrogens is 1. The molecule has 0 atom stereocenters. The Labute approximate surface area is 123 Å². The van der Waals surface area contributed by atoms with E-state index in [0.29, 0.717) is 5.52 Å². The second-order valence-corrected chi connectivity index (χ2v) is 6.25. The van der Waals surface area contributed by atoms with Crippen molar-refractivity contribution in [3.8, 4) is 0 Å². The maximum absolute atomic E-state index is 12.1. The average molecular weight is 284 g/mol. The van der Waals surface area contributed by atoms with Gasteiger partial charge in [-0.2, -0.15) is 0 Å². The molecule has 0 amide bonds. The lowest BCUT2D eigenvalue weighted by molar-refractivity contribution is 0.116. The summed E-state index contributed by atoms with van der Waals surface area (Å²) in [5, 5.41) is 10.0. The first-order chi connectivity index (χ1) is 9.84. The zero-order valence-corrected chi connectivity index (χ0v) is 12.6. The van der Waals surface area contributed by atoms with Crippen molar-refractivity contribution in [2.45, 2.75) is 39.2 Å². The quantitative estimate of drug-likeness (QED) is 0.891. The first kappa shape index (κ1) is 13.9. The highest BCUT2D eigenvalue weighted by Gasteiger charge is 2.21. The molecule has 21 heavy (non-hydrogen) atoms. The van der Waals surface area contributed by atoms with Crippen molar-refractivity contribution in [3.63, 3.8) is 0 Å². The van der Waals surface area contributed by atoms with Crippen LogP contribution >= 0.6 is 0 Å². The minimum Gasteiger partial charge on any atom is -0.386 e. The number of rotatable bonds is 2. The van der Waals surface area contributed by atoms with E-state index in [1.54, 1.807) is 13.8 Å². The van der Waals surface area contributed by atoms with Crippen LogP contribution in [0.1, 0.15) is 37.9 Å². The predicted octanol–water partition coefficient (Wildman–Crippen LogP) is 2.81. The molecule has 0 fully saturated rings. The Morgan fingerprint density at radius 1 is 1.24 bits per heavy atom. The Kier molecular flexibility index (Phi) is 3.14. The van der Waals surface area contributed by atoms with Crippen molar-refractivity contribution in [1.82, 2.24) is 9.38 Å². The van der Waals surface area contributed by atoms with Gasteiger partial charge in [0.05, 0.1) is 11.3 Å². The third-order valence-electron chi connectivity index (χ3n) is 4.02. The Hall–Kier alpha value is -2.07. The largest absolute Gasteiger partial charge is 0.386 e. The number of aromatic amines is 1. The van der Waals surface area contributed by atoms with E-state index in [0.717, 1.165) is 35.2 Å². The molecule has 0 saturated heterocycles. The second-order valence-electron chi connectivity index (χ2n) is 6.25. The van der Waals surface area contributed by atoms with Crippen LogP contribution in [-0.2, 0) is 0 Å². The van der Waals surface area contributed by atoms with Crippen molar-refractivity contribution in [2.24, 2.45) is 0 Å². The molecule has 2 N–H and O–H groups in total. The highest BCUT2D eigenvalue weighted by molar-refractivity contribution is 5.67. The van der Waals surface area contributed by atoms with E-state index in [9.17, 15) is 9.90 Å². The standard InChI is InChI=1S/C17H20N2O2/c1-11-8-15-16(20)18-14(10-19(15)9-11)12-4-6-13(7-5-12)17(2,3)21/h4,6,8-10,21H,5,7H2,1-3H3,(H,18,20). The van der Waals surface area contributed by atoms with Crippen LogP contribution in [0.25, 0.3) is 11.1 Å². The summed E-state index contributed by atoms with van der Waals surface area (Å²) in [6, 6.07) is 1.88. The van der Waals surface area contributed by atoms with Gasteiger partial charge in [-0.1, -0.05) is 12.2 Å². The summed E-state index contributed by atoms with van der Waals surface area (Å²) < 4.78 is 1.87. The molecule has 0 spiro atoms. The SMILES string of the molecule is Cc1cc2c(=O)[nH]c(C3=CC=C(C(C)(C)O)CC3)cn2c1. The summed E-state index contributed by atoms with van der Waals surface area (Å²) >= 11 is 0. The number of nitrogens with zero attached hydrogens (tertiary/aromatic N) is 1. The summed E-state index contributed by atoms with van der Waals surface area (Å²) in [4.78, 5) is 15.1. The molecule has 110 valence electrons. The number of allylic oxidation sites excluding steroid dienone is 3. The molecule has 2 aromatic heterocycles. The van der Waals surface area contributed by atoms with Gasteiger partial charge in [-0.25, -0.2) is 0 Å². The van der Waals surface area contributed by atoms with E-state index in [-0.39, 0.29) is 5.56 Å². The van der Waals surface area contributed by atoms with Crippen molar-refractivity contribution >= 4 is 11.1 Å². The van der Waals surface area contributed by atoms with Crippen LogP contribution in [0, 0.1) is 6.92 Å². The number of hydrogen-bond donors (Lipinski definition) is 2. The van der Waals surface area contributed by atoms with Gasteiger partial charge in [0.15, 0.2) is 0 Å². The highest BCUT2D eigenvalue weighted by Crippen LogP contribution is 2.30. The van der Waals surface area contributed by atoms with Gasteiger partial charge in [-0.05, 0) is 56.4 Å². The van der Waals surface area contributed by atoms with Crippen LogP contribution in [0.4, 0.5) is 0 Å². The molecule has 4 heteroatoms. The molecule has 0 bridgehead atoms. The lowest BCUT2D eigenvalue weighted by atomic mass is 9.87. The minimum atomic E-state index is -0.781. The molecular formula is C17H20N2O2. The fourth-order valence-electron chi connectivity index (χ4n) is 2.80. The van der Waals surface area contributed by atoms with Crippen LogP contribution in [-0.4, -0.2) is 20.1 Å². The monoisotopic (exact) mass is 284 g/mol. The van der Waals surface area contributed by atoms with Crippen LogP contribution in [0.15, 0.2) is 41.0 Å². The molecular weight excluding hydrogens is 264 g/mol. The summed E-state index contributed by atoms with van der Waals surface area (Å²) in [6.07, 6.45) is 9.48. The smallest absolute Gasteiger partial charge is 0.272 e. The first-order valence-electron chi connectivity index (χ1n) is 7.19. The second kappa shape index (κ2) is 4.74. The molecule has 0 unspecified atom stereocenters. The molecule has 1 aliphatic carbocycles. The summed E-state index contributed by atoms with van der Waals surface area (Å²) in [5.41, 5.74) is 3.84. The van der Waals surface area contributed by atoms with Crippen LogP contribution < -0.4 is 5.56 Å². The lowest BCUT2D eigenvalue weighted by Gasteiger charge is -2.24. The van der Waals surface area contributed by atoms with E-state index < -0.39 is 5.60 Å². The average Bonchev–Trinajstić information content (AvgIpc) is 2.79. The Bertz CT molecular complexity index is 813. The predicted molar refractivity (Wildman–Crippen MR) is 84.3 cm³/mol. The molecule has 0 radical (unpaired) electrons. The Balaban J connectivity index is 2.04. The fourth-order valence-corrected chi connectivity index (χ4v) is 2.80. The Morgan fingerprint density at radius 3 is 2.62 bits per heavy atom. The molecule has 4 nitrogen and oxygen atoms in total.